The summed E-state index contributed by atoms with van der Waals surface area (Å²) in [4.78, 5) is 22.6. The largest absolute Gasteiger partial charge is 0.378 e. The number of nitro groups is 1. The number of hydrogen-bond donors (Lipinski definition) is 2. The first-order chi connectivity index (χ1) is 11.0. The number of amides is 1. The Morgan fingerprint density at radius 3 is 2.65 bits per heavy atom. The van der Waals surface area contributed by atoms with E-state index < -0.39 is 4.92 Å². The second-order valence-electron chi connectivity index (χ2n) is 4.92. The van der Waals surface area contributed by atoms with Crippen LogP contribution in [0.1, 0.15) is 15.9 Å². The fourth-order valence-electron chi connectivity index (χ4n) is 2.13. The van der Waals surface area contributed by atoms with Crippen molar-refractivity contribution in [2.24, 2.45) is 0 Å². The number of carbonyl (C=O) groups excluding carboxylic acids is 1. The maximum atomic E-state index is 12.1. The van der Waals surface area contributed by atoms with Gasteiger partial charge in [0.25, 0.3) is 11.6 Å². The lowest BCUT2D eigenvalue weighted by atomic mass is 10.1. The molecule has 2 rings (SSSR count). The summed E-state index contributed by atoms with van der Waals surface area (Å²) < 4.78 is 0.921. The van der Waals surface area contributed by atoms with E-state index in [1.165, 1.54) is 6.07 Å². The van der Waals surface area contributed by atoms with Crippen molar-refractivity contribution in [3.8, 4) is 0 Å². The van der Waals surface area contributed by atoms with E-state index in [1.807, 2.05) is 19.1 Å². The molecule has 0 unspecified atom stereocenters. The summed E-state index contributed by atoms with van der Waals surface area (Å²) in [5.41, 5.74) is 1.94. The van der Waals surface area contributed by atoms with Crippen LogP contribution in [-0.2, 0) is 0 Å². The average Bonchev–Trinajstić information content (AvgIpc) is 2.51. The summed E-state index contributed by atoms with van der Waals surface area (Å²) in [6.45, 7) is 2.62. The van der Waals surface area contributed by atoms with E-state index in [2.05, 4.69) is 26.6 Å². The highest BCUT2D eigenvalue weighted by molar-refractivity contribution is 9.10. The molecular weight excluding hydrogens is 362 g/mol. The summed E-state index contributed by atoms with van der Waals surface area (Å²) in [7, 11) is 0. The minimum absolute atomic E-state index is 0.0163. The van der Waals surface area contributed by atoms with Crippen LogP contribution in [0, 0.1) is 17.0 Å². The lowest BCUT2D eigenvalue weighted by molar-refractivity contribution is -0.384. The van der Waals surface area contributed by atoms with Gasteiger partial charge in [-0.3, -0.25) is 14.9 Å². The third-order valence-corrected chi connectivity index (χ3v) is 3.75. The van der Waals surface area contributed by atoms with Gasteiger partial charge < -0.3 is 10.6 Å². The number of hydrogen-bond acceptors (Lipinski definition) is 4. The Kier molecular flexibility index (Phi) is 5.70. The van der Waals surface area contributed by atoms with Crippen LogP contribution in [0.4, 0.5) is 11.4 Å². The van der Waals surface area contributed by atoms with Gasteiger partial charge in [-0.05, 0) is 36.8 Å². The number of aryl methyl sites for hydroxylation is 1. The number of para-hydroxylation sites is 2. The first-order valence-electron chi connectivity index (χ1n) is 7.00. The van der Waals surface area contributed by atoms with Crippen LogP contribution in [0.3, 0.4) is 0 Å². The molecule has 0 heterocycles. The van der Waals surface area contributed by atoms with Crippen molar-refractivity contribution in [3.63, 3.8) is 0 Å². The van der Waals surface area contributed by atoms with Gasteiger partial charge in [0, 0.05) is 29.2 Å². The fraction of sp³-hybridized carbons (Fsp3) is 0.188. The molecule has 0 aliphatic rings. The van der Waals surface area contributed by atoms with Crippen molar-refractivity contribution in [3.05, 3.63) is 68.2 Å². The molecular formula is C16H16BrN3O3. The van der Waals surface area contributed by atoms with Gasteiger partial charge >= 0.3 is 0 Å². The maximum Gasteiger partial charge on any atom is 0.292 e. The van der Waals surface area contributed by atoms with E-state index >= 15 is 0 Å². The molecule has 0 aliphatic carbocycles. The molecule has 0 atom stereocenters. The molecule has 6 nitrogen and oxygen atoms in total. The Labute approximate surface area is 142 Å². The third kappa shape index (κ3) is 4.53. The zero-order valence-corrected chi connectivity index (χ0v) is 14.1. The standard InChI is InChI=1S/C16H16BrN3O3/c1-11-10-12(17)6-7-13(11)16(21)19-9-8-18-14-4-2-3-5-15(14)20(22)23/h2-7,10,18H,8-9H2,1H3,(H,19,21). The molecule has 23 heavy (non-hydrogen) atoms. The fourth-order valence-corrected chi connectivity index (χ4v) is 2.61. The number of anilines is 1. The number of nitro benzene ring substituents is 1. The maximum absolute atomic E-state index is 12.1. The van der Waals surface area contributed by atoms with Crippen molar-refractivity contribution in [1.29, 1.82) is 0 Å². The van der Waals surface area contributed by atoms with E-state index in [9.17, 15) is 14.9 Å². The predicted octanol–water partition coefficient (Wildman–Crippen LogP) is 3.51. The molecule has 0 saturated heterocycles. The van der Waals surface area contributed by atoms with Crippen LogP contribution in [0.5, 0.6) is 0 Å². The number of rotatable bonds is 6. The molecule has 0 aliphatic heterocycles. The molecule has 1 amide bonds. The van der Waals surface area contributed by atoms with Gasteiger partial charge in [0.15, 0.2) is 0 Å². The second-order valence-corrected chi connectivity index (χ2v) is 5.83. The topological polar surface area (TPSA) is 84.3 Å². The first kappa shape index (κ1) is 17.0. The monoisotopic (exact) mass is 377 g/mol. The minimum Gasteiger partial charge on any atom is -0.378 e. The second kappa shape index (κ2) is 7.73. The molecule has 2 N–H and O–H groups in total. The number of carbonyl (C=O) groups is 1. The van der Waals surface area contributed by atoms with Crippen molar-refractivity contribution < 1.29 is 9.72 Å². The van der Waals surface area contributed by atoms with E-state index in [0.29, 0.717) is 24.3 Å². The Bertz CT molecular complexity index is 734. The lowest BCUT2D eigenvalue weighted by Crippen LogP contribution is -2.29. The van der Waals surface area contributed by atoms with Crippen LogP contribution in [-0.4, -0.2) is 23.9 Å². The predicted molar refractivity (Wildman–Crippen MR) is 92.8 cm³/mol. The molecule has 0 bridgehead atoms. The first-order valence-corrected chi connectivity index (χ1v) is 7.80. The molecule has 0 fully saturated rings. The number of benzene rings is 2. The van der Waals surface area contributed by atoms with Gasteiger partial charge in [0.1, 0.15) is 5.69 Å². The van der Waals surface area contributed by atoms with E-state index in [4.69, 9.17) is 0 Å². The SMILES string of the molecule is Cc1cc(Br)ccc1C(=O)NCCNc1ccccc1[N+](=O)[O-]. The quantitative estimate of drug-likeness (QED) is 0.458. The van der Waals surface area contributed by atoms with Crippen molar-refractivity contribution in [2.75, 3.05) is 18.4 Å². The zero-order valence-electron chi connectivity index (χ0n) is 12.5. The van der Waals surface area contributed by atoms with Crippen LogP contribution < -0.4 is 10.6 Å². The summed E-state index contributed by atoms with van der Waals surface area (Å²) in [6.07, 6.45) is 0. The number of halogens is 1. The van der Waals surface area contributed by atoms with Crippen LogP contribution >= 0.6 is 15.9 Å². The minimum atomic E-state index is -0.438. The van der Waals surface area contributed by atoms with Crippen LogP contribution in [0.2, 0.25) is 0 Å². The van der Waals surface area contributed by atoms with Gasteiger partial charge in [0.05, 0.1) is 4.92 Å². The summed E-state index contributed by atoms with van der Waals surface area (Å²) >= 11 is 3.36. The zero-order chi connectivity index (χ0) is 16.8. The average molecular weight is 378 g/mol. The molecule has 0 saturated carbocycles. The normalized spacial score (nSPS) is 10.2. The summed E-state index contributed by atoms with van der Waals surface area (Å²) in [6, 6.07) is 11.9. The molecule has 0 aromatic heterocycles. The van der Waals surface area contributed by atoms with E-state index in [0.717, 1.165) is 10.0 Å². The molecule has 2 aromatic rings. The molecule has 0 radical (unpaired) electrons. The molecule has 0 spiro atoms. The van der Waals surface area contributed by atoms with Crippen LogP contribution in [0.25, 0.3) is 0 Å². The molecule has 120 valence electrons. The van der Waals surface area contributed by atoms with E-state index in [-0.39, 0.29) is 11.6 Å². The highest BCUT2D eigenvalue weighted by Crippen LogP contribution is 2.22. The van der Waals surface area contributed by atoms with Crippen molar-refractivity contribution >= 4 is 33.2 Å². The molecule has 7 heteroatoms. The van der Waals surface area contributed by atoms with Crippen molar-refractivity contribution in [2.45, 2.75) is 6.92 Å². The summed E-state index contributed by atoms with van der Waals surface area (Å²) in [5, 5.41) is 16.7. The third-order valence-electron chi connectivity index (χ3n) is 3.26. The Balaban J connectivity index is 1.88. The summed E-state index contributed by atoms with van der Waals surface area (Å²) in [5.74, 6) is -0.167. The Morgan fingerprint density at radius 2 is 1.96 bits per heavy atom. The van der Waals surface area contributed by atoms with Gasteiger partial charge in [-0.25, -0.2) is 0 Å². The van der Waals surface area contributed by atoms with Gasteiger partial charge in [0.2, 0.25) is 0 Å². The number of nitrogens with one attached hydrogen (secondary N) is 2. The van der Waals surface area contributed by atoms with Gasteiger partial charge in [-0.15, -0.1) is 0 Å². The highest BCUT2D eigenvalue weighted by atomic mass is 79.9. The van der Waals surface area contributed by atoms with Crippen molar-refractivity contribution in [1.82, 2.24) is 5.32 Å². The highest BCUT2D eigenvalue weighted by Gasteiger charge is 2.12. The lowest BCUT2D eigenvalue weighted by Gasteiger charge is -2.10. The molecule has 2 aromatic carbocycles. The van der Waals surface area contributed by atoms with Gasteiger partial charge in [-0.2, -0.15) is 0 Å². The smallest absolute Gasteiger partial charge is 0.292 e. The van der Waals surface area contributed by atoms with E-state index in [1.54, 1.807) is 24.3 Å². The van der Waals surface area contributed by atoms with Crippen LogP contribution in [0.15, 0.2) is 46.9 Å². The van der Waals surface area contributed by atoms with Gasteiger partial charge in [-0.1, -0.05) is 28.1 Å². The Hall–Kier alpha value is -2.41. The number of nitrogens with zero attached hydrogens (tertiary/aromatic N) is 1. The Morgan fingerprint density at radius 1 is 1.22 bits per heavy atom.